The first-order valence-electron chi connectivity index (χ1n) is 13.2. The molecule has 2 aliphatic heterocycles. The number of carboxylic acid groups (broad SMARTS) is 2. The molecule has 0 radical (unpaired) electrons. The van der Waals surface area contributed by atoms with Crippen LogP contribution in [0.25, 0.3) is 0 Å². The van der Waals surface area contributed by atoms with E-state index in [1.807, 2.05) is 50.2 Å². The molecule has 10 nitrogen and oxygen atoms in total. The van der Waals surface area contributed by atoms with Gasteiger partial charge in [0.1, 0.15) is 29.7 Å². The van der Waals surface area contributed by atoms with Crippen molar-refractivity contribution in [3.05, 3.63) is 63.5 Å². The van der Waals surface area contributed by atoms with Gasteiger partial charge in [-0.2, -0.15) is 0 Å². The minimum atomic E-state index is -1.16. The lowest BCUT2D eigenvalue weighted by molar-refractivity contribution is -0.709. The molecule has 2 aromatic rings. The van der Waals surface area contributed by atoms with Crippen molar-refractivity contribution >= 4 is 75.0 Å². The van der Waals surface area contributed by atoms with Crippen molar-refractivity contribution in [2.75, 3.05) is 17.3 Å². The van der Waals surface area contributed by atoms with Crippen LogP contribution in [-0.2, 0) is 25.7 Å². The Morgan fingerprint density at radius 3 is 2.52 bits per heavy atom. The van der Waals surface area contributed by atoms with Crippen molar-refractivity contribution in [3.8, 4) is 0 Å². The van der Waals surface area contributed by atoms with Crippen molar-refractivity contribution in [1.82, 2.24) is 10.2 Å². The number of pyridine rings is 1. The third-order valence-electron chi connectivity index (χ3n) is 6.91. The Hall–Kier alpha value is -2.52. The Balaban J connectivity index is 1.36. The van der Waals surface area contributed by atoms with Gasteiger partial charge in [-0.15, -0.1) is 35.3 Å². The lowest BCUT2D eigenvalue weighted by Gasteiger charge is -2.49. The normalized spacial score (nSPS) is 18.8. The Kier molecular flexibility index (Phi) is 11.0. The summed E-state index contributed by atoms with van der Waals surface area (Å²) in [6.07, 6.45) is 1.02. The molecule has 224 valence electrons. The Bertz CT molecular complexity index is 1420. The summed E-state index contributed by atoms with van der Waals surface area (Å²) >= 11 is 7.73. The highest BCUT2D eigenvalue weighted by Crippen LogP contribution is 2.41. The lowest BCUT2D eigenvalue weighted by atomic mass is 10.0. The van der Waals surface area contributed by atoms with Crippen LogP contribution in [0.2, 0.25) is 0 Å². The van der Waals surface area contributed by atoms with Crippen molar-refractivity contribution in [2.24, 2.45) is 5.73 Å². The predicted molar refractivity (Wildman–Crippen MR) is 166 cm³/mol. The molecule has 2 amide bonds. The number of β-lactam (4-membered cyclic amide) rings is 1. The molecule has 0 saturated carbocycles. The molecule has 3 heterocycles. The van der Waals surface area contributed by atoms with Crippen LogP contribution in [0.1, 0.15) is 24.2 Å². The van der Waals surface area contributed by atoms with E-state index >= 15 is 0 Å². The first kappa shape index (κ1) is 32.4. The van der Waals surface area contributed by atoms with E-state index in [-0.39, 0.29) is 17.4 Å². The van der Waals surface area contributed by atoms with Gasteiger partial charge in [0.05, 0.1) is 5.75 Å². The largest absolute Gasteiger partial charge is 0.480 e. The molecule has 0 bridgehead atoms. The average Bonchev–Trinajstić information content (AvgIpc) is 2.94. The summed E-state index contributed by atoms with van der Waals surface area (Å²) in [7, 11) is 0. The number of aryl methyl sites for hydroxylation is 2. The second-order valence-corrected chi connectivity index (χ2v) is 14.1. The molecule has 0 aliphatic carbocycles. The van der Waals surface area contributed by atoms with Crippen molar-refractivity contribution in [2.45, 2.75) is 60.5 Å². The van der Waals surface area contributed by atoms with Gasteiger partial charge >= 0.3 is 11.9 Å². The van der Waals surface area contributed by atoms with E-state index in [0.29, 0.717) is 36.5 Å². The maximum Gasteiger partial charge on any atom is 0.352 e. The number of thioether (sulfide) groups is 3. The van der Waals surface area contributed by atoms with E-state index in [1.54, 1.807) is 0 Å². The van der Waals surface area contributed by atoms with E-state index in [2.05, 4.69) is 25.8 Å². The fraction of sp³-hybridized carbons (Fsp3) is 0.393. The summed E-state index contributed by atoms with van der Waals surface area (Å²) in [5.41, 5.74) is 8.28. The summed E-state index contributed by atoms with van der Waals surface area (Å²) < 4.78 is 3.02. The molecule has 2 aliphatic rings. The van der Waals surface area contributed by atoms with Gasteiger partial charge in [-0.25, -0.2) is 9.36 Å². The summed E-state index contributed by atoms with van der Waals surface area (Å²) in [5, 5.41) is 21.3. The number of rotatable bonds is 13. The molecule has 1 fully saturated rings. The lowest BCUT2D eigenvalue weighted by Crippen LogP contribution is -2.70. The predicted octanol–water partition coefficient (Wildman–Crippen LogP) is 3.17. The van der Waals surface area contributed by atoms with E-state index in [1.165, 1.54) is 40.2 Å². The van der Waals surface area contributed by atoms with Crippen LogP contribution in [-0.4, -0.2) is 73.6 Å². The minimum Gasteiger partial charge on any atom is -0.480 e. The number of nitrogens with two attached hydrogens (primary N) is 1. The quantitative estimate of drug-likeness (QED) is 0.140. The van der Waals surface area contributed by atoms with Crippen LogP contribution in [0.5, 0.6) is 0 Å². The second-order valence-electron chi connectivity index (χ2n) is 9.96. The SMILES string of the molecule is Cc1cc(SCC2=C(C(=O)O)N3C(=O)[C@H](NC(=O)CSc4cccc(Br)c4)[C@H]3SC2)cc(C)[n+]1CCC[C@H](N)C(=O)O. The van der Waals surface area contributed by atoms with Gasteiger partial charge in [0.15, 0.2) is 11.4 Å². The van der Waals surface area contributed by atoms with Crippen LogP contribution < -0.4 is 15.6 Å². The number of fused-ring (bicyclic) bond motifs is 1. The highest BCUT2D eigenvalue weighted by Gasteiger charge is 2.54. The average molecular weight is 697 g/mol. The molecular formula is C28H32BrN4O6S3+. The molecule has 0 unspecified atom stereocenters. The van der Waals surface area contributed by atoms with Gasteiger partial charge in [0, 0.05) is 58.2 Å². The van der Waals surface area contributed by atoms with Gasteiger partial charge in [-0.3, -0.25) is 19.3 Å². The molecule has 4 rings (SSSR count). The third kappa shape index (κ3) is 7.70. The number of halogens is 1. The van der Waals surface area contributed by atoms with E-state index in [0.717, 1.165) is 25.7 Å². The number of aliphatic carboxylic acids is 2. The number of nitrogens with one attached hydrogen (secondary N) is 1. The zero-order chi connectivity index (χ0) is 30.6. The highest BCUT2D eigenvalue weighted by molar-refractivity contribution is 9.10. The fourth-order valence-electron chi connectivity index (χ4n) is 4.80. The molecule has 5 N–H and O–H groups in total. The maximum atomic E-state index is 13.0. The van der Waals surface area contributed by atoms with Crippen molar-refractivity contribution in [3.63, 3.8) is 0 Å². The molecule has 42 heavy (non-hydrogen) atoms. The monoisotopic (exact) mass is 695 g/mol. The van der Waals surface area contributed by atoms with Crippen LogP contribution in [0.15, 0.2) is 61.9 Å². The molecule has 14 heteroatoms. The molecule has 1 saturated heterocycles. The summed E-state index contributed by atoms with van der Waals surface area (Å²) in [4.78, 5) is 52.0. The number of carboxylic acids is 2. The summed E-state index contributed by atoms with van der Waals surface area (Å²) in [6.45, 7) is 4.59. The number of amides is 2. The van der Waals surface area contributed by atoms with E-state index < -0.39 is 35.3 Å². The first-order chi connectivity index (χ1) is 20.0. The Labute approximate surface area is 265 Å². The number of carbonyl (C=O) groups excluding carboxylic acids is 2. The van der Waals surface area contributed by atoms with Crippen molar-refractivity contribution in [1.29, 1.82) is 0 Å². The zero-order valence-corrected chi connectivity index (χ0v) is 27.1. The number of carbonyl (C=O) groups is 4. The van der Waals surface area contributed by atoms with Crippen molar-refractivity contribution < 1.29 is 34.0 Å². The number of hydrogen-bond donors (Lipinski definition) is 4. The molecule has 1 aromatic carbocycles. The van der Waals surface area contributed by atoms with Gasteiger partial charge in [0.25, 0.3) is 5.91 Å². The minimum absolute atomic E-state index is 0.000493. The van der Waals surface area contributed by atoms with Gasteiger partial charge in [-0.05, 0) is 30.2 Å². The van der Waals surface area contributed by atoms with Crippen LogP contribution >= 0.6 is 51.2 Å². The number of benzene rings is 1. The van der Waals surface area contributed by atoms with Crippen LogP contribution in [0.4, 0.5) is 0 Å². The Morgan fingerprint density at radius 1 is 1.17 bits per heavy atom. The zero-order valence-electron chi connectivity index (χ0n) is 23.0. The smallest absolute Gasteiger partial charge is 0.352 e. The maximum absolute atomic E-state index is 13.0. The molecule has 1 aromatic heterocycles. The van der Waals surface area contributed by atoms with Gasteiger partial charge in [-0.1, -0.05) is 22.0 Å². The van der Waals surface area contributed by atoms with E-state index in [4.69, 9.17) is 10.8 Å². The summed E-state index contributed by atoms with van der Waals surface area (Å²) in [5.74, 6) is -1.86. The van der Waals surface area contributed by atoms with Gasteiger partial charge in [0.2, 0.25) is 5.91 Å². The van der Waals surface area contributed by atoms with E-state index in [9.17, 15) is 24.3 Å². The molecule has 0 spiro atoms. The van der Waals surface area contributed by atoms with Gasteiger partial charge < -0.3 is 21.3 Å². The second kappa shape index (κ2) is 14.3. The Morgan fingerprint density at radius 2 is 1.88 bits per heavy atom. The standard InChI is InChI=1S/C28H31BrN4O6S3/c1-15-9-20(10-16(2)32(15)8-4-7-21(30)27(36)37)40-12-17-13-42-26-23(25(35)33(26)24(17)28(38)39)31-22(34)14-41-19-6-3-5-18(29)11-19/h3,5-6,9-11,21,23,26H,4,7-8,12-14,30H2,1-2H3,(H2-,31,34,36,37,38,39)/p+1/t21-,23-,26+/m0/s1. The third-order valence-corrected chi connectivity index (χ3v) is 10.8. The number of nitrogens with zero attached hydrogens (tertiary/aromatic N) is 2. The summed E-state index contributed by atoms with van der Waals surface area (Å²) in [6, 6.07) is 9.98. The van der Waals surface area contributed by atoms with Crippen LogP contribution in [0.3, 0.4) is 0 Å². The molecular weight excluding hydrogens is 664 g/mol. The topological polar surface area (TPSA) is 154 Å². The fourth-order valence-corrected chi connectivity index (χ4v) is 8.68. The number of aromatic nitrogens is 1. The first-order valence-corrected chi connectivity index (χ1v) is 17.0. The number of hydrogen-bond acceptors (Lipinski definition) is 8. The highest BCUT2D eigenvalue weighted by atomic mass is 79.9. The molecule has 3 atom stereocenters. The van der Waals surface area contributed by atoms with Crippen LogP contribution in [0, 0.1) is 13.8 Å².